The molecule has 206 valence electrons. The monoisotopic (exact) mass is 535 g/mol. The molecule has 0 aliphatic carbocycles. The maximum absolute atomic E-state index is 13.6. The van der Waals surface area contributed by atoms with E-state index in [1.165, 1.54) is 31.2 Å². The first-order valence-corrected chi connectivity index (χ1v) is 13.3. The van der Waals surface area contributed by atoms with Gasteiger partial charge >= 0.3 is 5.97 Å². The third-order valence-electron chi connectivity index (χ3n) is 7.27. The van der Waals surface area contributed by atoms with Crippen LogP contribution in [0.25, 0.3) is 0 Å². The average Bonchev–Trinajstić information content (AvgIpc) is 3.06. The number of hydrogen-bond acceptors (Lipinski definition) is 5. The first-order chi connectivity index (χ1) is 18.6. The SMILES string of the molecule is CC(Nc1cc(C(C)C)ccc(CN2CCN(C(c3ccc(F)cc3)c3ccc(F)cc3)CC2)c1=O)C(=O)O. The van der Waals surface area contributed by atoms with E-state index in [0.717, 1.165) is 16.7 Å². The molecule has 1 heterocycles. The number of piperazine rings is 1. The molecule has 2 N–H and O–H groups in total. The molecule has 0 radical (unpaired) electrons. The molecule has 4 rings (SSSR count). The number of carboxylic acid groups (broad SMARTS) is 1. The molecule has 1 aliphatic heterocycles. The van der Waals surface area contributed by atoms with Crippen molar-refractivity contribution in [1.82, 2.24) is 9.80 Å². The summed E-state index contributed by atoms with van der Waals surface area (Å²) in [7, 11) is 0. The third-order valence-corrected chi connectivity index (χ3v) is 7.27. The summed E-state index contributed by atoms with van der Waals surface area (Å²) in [6.45, 7) is 8.80. The first-order valence-electron chi connectivity index (χ1n) is 13.3. The Balaban J connectivity index is 1.54. The number of carbonyl (C=O) groups is 1. The van der Waals surface area contributed by atoms with E-state index in [-0.39, 0.29) is 29.0 Å². The van der Waals surface area contributed by atoms with Crippen LogP contribution in [0.15, 0.2) is 71.5 Å². The van der Waals surface area contributed by atoms with E-state index in [1.807, 2.05) is 26.0 Å². The van der Waals surface area contributed by atoms with Gasteiger partial charge in [-0.05, 0) is 59.9 Å². The Hall–Kier alpha value is -3.62. The van der Waals surface area contributed by atoms with Crippen LogP contribution in [0.4, 0.5) is 14.5 Å². The van der Waals surface area contributed by atoms with Crippen molar-refractivity contribution in [3.05, 3.63) is 111 Å². The van der Waals surface area contributed by atoms with Crippen LogP contribution in [0.3, 0.4) is 0 Å². The summed E-state index contributed by atoms with van der Waals surface area (Å²) < 4.78 is 27.3. The molecule has 0 amide bonds. The van der Waals surface area contributed by atoms with Crippen molar-refractivity contribution in [3.63, 3.8) is 0 Å². The zero-order valence-corrected chi connectivity index (χ0v) is 22.5. The minimum absolute atomic E-state index is 0.153. The van der Waals surface area contributed by atoms with Crippen molar-refractivity contribution in [2.24, 2.45) is 0 Å². The second kappa shape index (κ2) is 12.5. The smallest absolute Gasteiger partial charge is 0.325 e. The lowest BCUT2D eigenvalue weighted by Gasteiger charge is -2.39. The number of anilines is 1. The first kappa shape index (κ1) is 28.4. The van der Waals surface area contributed by atoms with Crippen LogP contribution in [-0.2, 0) is 11.3 Å². The van der Waals surface area contributed by atoms with Crippen molar-refractivity contribution in [2.45, 2.75) is 45.3 Å². The van der Waals surface area contributed by atoms with Gasteiger partial charge in [0.15, 0.2) is 0 Å². The molecule has 1 aliphatic rings. The Morgan fingerprint density at radius 2 is 1.36 bits per heavy atom. The topological polar surface area (TPSA) is 72.9 Å². The zero-order chi connectivity index (χ0) is 28.1. The van der Waals surface area contributed by atoms with Crippen molar-refractivity contribution in [1.29, 1.82) is 0 Å². The number of aliphatic carboxylic acids is 1. The number of nitrogens with one attached hydrogen (secondary N) is 1. The Kier molecular flexibility index (Phi) is 9.09. The van der Waals surface area contributed by atoms with Crippen molar-refractivity contribution in [2.75, 3.05) is 31.5 Å². The fourth-order valence-electron chi connectivity index (χ4n) is 4.94. The van der Waals surface area contributed by atoms with Crippen LogP contribution in [0.2, 0.25) is 0 Å². The van der Waals surface area contributed by atoms with Gasteiger partial charge in [0.1, 0.15) is 17.7 Å². The largest absolute Gasteiger partial charge is 0.480 e. The van der Waals surface area contributed by atoms with Crippen molar-refractivity contribution < 1.29 is 18.7 Å². The van der Waals surface area contributed by atoms with Crippen LogP contribution in [0.1, 0.15) is 55.0 Å². The molecule has 3 aromatic carbocycles. The van der Waals surface area contributed by atoms with Crippen LogP contribution in [-0.4, -0.2) is 53.1 Å². The predicted octanol–water partition coefficient (Wildman–Crippen LogP) is 5.24. The van der Waals surface area contributed by atoms with E-state index >= 15 is 0 Å². The fourth-order valence-corrected chi connectivity index (χ4v) is 4.94. The molecule has 0 saturated carbocycles. The number of rotatable bonds is 9. The Labute approximate surface area is 227 Å². The minimum Gasteiger partial charge on any atom is -0.480 e. The van der Waals surface area contributed by atoms with Crippen LogP contribution >= 0.6 is 0 Å². The highest BCUT2D eigenvalue weighted by molar-refractivity contribution is 5.76. The highest BCUT2D eigenvalue weighted by Crippen LogP contribution is 2.30. The van der Waals surface area contributed by atoms with Crippen LogP contribution < -0.4 is 10.7 Å². The molecular weight excluding hydrogens is 500 g/mol. The number of hydrogen-bond donors (Lipinski definition) is 2. The van der Waals surface area contributed by atoms with E-state index in [1.54, 1.807) is 30.3 Å². The standard InChI is InChI=1S/C31H35F2N3O3/c1-20(2)24-4-5-25(30(37)28(18-24)34-21(3)31(38)39)19-35-14-16-36(17-15-35)29(22-6-10-26(32)11-7-22)23-8-12-27(33)13-9-23/h4-13,18,20-21,29H,14-17,19H2,1-3H3,(H,34,37)(H,38,39). The number of nitrogens with zero attached hydrogens (tertiary/aromatic N) is 2. The maximum Gasteiger partial charge on any atom is 0.325 e. The van der Waals surface area contributed by atoms with Gasteiger partial charge in [0.05, 0.1) is 11.7 Å². The summed E-state index contributed by atoms with van der Waals surface area (Å²) in [6.07, 6.45) is 0. The second-order valence-corrected chi connectivity index (χ2v) is 10.4. The molecule has 0 spiro atoms. The molecule has 1 unspecified atom stereocenters. The minimum atomic E-state index is -1.03. The van der Waals surface area contributed by atoms with Crippen molar-refractivity contribution >= 4 is 11.7 Å². The van der Waals surface area contributed by atoms with Gasteiger partial charge in [0.2, 0.25) is 5.43 Å². The summed E-state index contributed by atoms with van der Waals surface area (Å²) in [4.78, 5) is 29.3. The summed E-state index contributed by atoms with van der Waals surface area (Å²) >= 11 is 0. The lowest BCUT2D eigenvalue weighted by atomic mass is 9.96. The van der Waals surface area contributed by atoms with Crippen LogP contribution in [0.5, 0.6) is 0 Å². The summed E-state index contributed by atoms with van der Waals surface area (Å²) in [5.41, 5.74) is 3.50. The van der Waals surface area contributed by atoms with E-state index in [2.05, 4.69) is 15.1 Å². The number of halogens is 2. The van der Waals surface area contributed by atoms with Crippen molar-refractivity contribution in [3.8, 4) is 0 Å². The lowest BCUT2D eigenvalue weighted by molar-refractivity contribution is -0.137. The highest BCUT2D eigenvalue weighted by atomic mass is 19.1. The summed E-state index contributed by atoms with van der Waals surface area (Å²) in [5, 5.41) is 12.2. The Bertz CT molecular complexity index is 1290. The molecule has 1 atom stereocenters. The molecule has 0 bridgehead atoms. The normalized spacial score (nSPS) is 15.5. The Morgan fingerprint density at radius 1 is 0.846 bits per heavy atom. The number of benzene rings is 2. The highest BCUT2D eigenvalue weighted by Gasteiger charge is 2.27. The average molecular weight is 536 g/mol. The van der Waals surface area contributed by atoms with E-state index in [9.17, 15) is 23.5 Å². The van der Waals surface area contributed by atoms with Gasteiger partial charge in [-0.3, -0.25) is 19.4 Å². The maximum atomic E-state index is 13.6. The molecule has 1 saturated heterocycles. The van der Waals surface area contributed by atoms with Crippen LogP contribution in [0, 0.1) is 11.6 Å². The molecule has 8 heteroatoms. The molecule has 0 aromatic heterocycles. The molecular formula is C31H35F2N3O3. The van der Waals surface area contributed by atoms with Gasteiger partial charge in [-0.25, -0.2) is 8.78 Å². The van der Waals surface area contributed by atoms with E-state index in [0.29, 0.717) is 44.0 Å². The summed E-state index contributed by atoms with van der Waals surface area (Å²) in [6, 6.07) is 17.3. The quantitative estimate of drug-likeness (QED) is 0.391. The van der Waals surface area contributed by atoms with Gasteiger partial charge in [-0.15, -0.1) is 0 Å². The van der Waals surface area contributed by atoms with Gasteiger partial charge in [0, 0.05) is 38.3 Å². The molecule has 6 nitrogen and oxygen atoms in total. The zero-order valence-electron chi connectivity index (χ0n) is 22.5. The molecule has 39 heavy (non-hydrogen) atoms. The van der Waals surface area contributed by atoms with Gasteiger partial charge < -0.3 is 10.4 Å². The molecule has 3 aromatic rings. The van der Waals surface area contributed by atoms with Gasteiger partial charge in [-0.2, -0.15) is 0 Å². The predicted molar refractivity (Wildman–Crippen MR) is 149 cm³/mol. The van der Waals surface area contributed by atoms with E-state index in [4.69, 9.17) is 0 Å². The Morgan fingerprint density at radius 3 is 1.85 bits per heavy atom. The lowest BCUT2D eigenvalue weighted by Crippen LogP contribution is -2.47. The van der Waals surface area contributed by atoms with E-state index < -0.39 is 12.0 Å². The number of carboxylic acids is 1. The third kappa shape index (κ3) is 7.07. The second-order valence-electron chi connectivity index (χ2n) is 10.4. The van der Waals surface area contributed by atoms with Gasteiger partial charge in [-0.1, -0.05) is 50.2 Å². The summed E-state index contributed by atoms with van der Waals surface area (Å²) in [5.74, 6) is -1.47. The fraction of sp³-hybridized carbons (Fsp3) is 0.355. The molecule has 1 fully saturated rings. The van der Waals surface area contributed by atoms with Gasteiger partial charge in [0.25, 0.3) is 0 Å².